The summed E-state index contributed by atoms with van der Waals surface area (Å²) in [5.41, 5.74) is 6.22. The Morgan fingerprint density at radius 2 is 2.00 bits per heavy atom. The Labute approximate surface area is 104 Å². The summed E-state index contributed by atoms with van der Waals surface area (Å²) < 4.78 is 5.65. The predicted octanol–water partition coefficient (Wildman–Crippen LogP) is 2.68. The molecule has 1 saturated carbocycles. The second-order valence-electron chi connectivity index (χ2n) is 5.36. The van der Waals surface area contributed by atoms with Gasteiger partial charge in [-0.3, -0.25) is 4.90 Å². The number of rotatable bonds is 4. The Kier molecular flexibility index (Phi) is 3.89. The number of nitrogens with zero attached hydrogens (tertiary/aromatic N) is 1. The summed E-state index contributed by atoms with van der Waals surface area (Å²) in [5.74, 6) is 2.03. The fourth-order valence-electron chi connectivity index (χ4n) is 2.92. The molecule has 0 unspecified atom stereocenters. The van der Waals surface area contributed by atoms with Gasteiger partial charge in [0.25, 0.3) is 0 Å². The third kappa shape index (κ3) is 2.72. The highest BCUT2D eigenvalue weighted by atomic mass is 16.3. The third-order valence-electron chi connectivity index (χ3n) is 4.16. The van der Waals surface area contributed by atoms with Crippen molar-refractivity contribution in [1.29, 1.82) is 0 Å². The lowest BCUT2D eigenvalue weighted by atomic mass is 9.80. The van der Waals surface area contributed by atoms with Gasteiger partial charge in [-0.1, -0.05) is 19.3 Å². The van der Waals surface area contributed by atoms with Crippen LogP contribution in [0.1, 0.15) is 43.6 Å². The molecule has 2 N–H and O–H groups in total. The Bertz CT molecular complexity index is 353. The molecule has 0 amide bonds. The largest absolute Gasteiger partial charge is 0.465 e. The Hall–Kier alpha value is -0.800. The summed E-state index contributed by atoms with van der Waals surface area (Å²) in [4.78, 5) is 2.39. The van der Waals surface area contributed by atoms with E-state index in [0.29, 0.717) is 0 Å². The molecule has 1 aromatic heterocycles. The molecule has 1 fully saturated rings. The van der Waals surface area contributed by atoms with Crippen molar-refractivity contribution in [2.45, 2.75) is 51.1 Å². The van der Waals surface area contributed by atoms with Gasteiger partial charge in [-0.2, -0.15) is 0 Å². The topological polar surface area (TPSA) is 42.4 Å². The van der Waals surface area contributed by atoms with Crippen molar-refractivity contribution >= 4 is 0 Å². The van der Waals surface area contributed by atoms with Crippen LogP contribution in [0.2, 0.25) is 0 Å². The highest BCUT2D eigenvalue weighted by Crippen LogP contribution is 2.33. The Balaban J connectivity index is 2.04. The number of hydrogen-bond donors (Lipinski definition) is 1. The van der Waals surface area contributed by atoms with Crippen molar-refractivity contribution < 1.29 is 4.42 Å². The molecule has 0 aromatic carbocycles. The lowest BCUT2D eigenvalue weighted by molar-refractivity contribution is 0.0694. The van der Waals surface area contributed by atoms with Crippen molar-refractivity contribution in [1.82, 2.24) is 4.90 Å². The molecule has 1 aliphatic carbocycles. The molecule has 96 valence electrons. The maximum Gasteiger partial charge on any atom is 0.118 e. The maximum absolute atomic E-state index is 6.03. The maximum atomic E-state index is 6.03. The Morgan fingerprint density at radius 3 is 2.53 bits per heavy atom. The predicted molar refractivity (Wildman–Crippen MR) is 69.8 cm³/mol. The van der Waals surface area contributed by atoms with Crippen LogP contribution in [-0.4, -0.2) is 24.0 Å². The molecule has 0 spiro atoms. The van der Waals surface area contributed by atoms with E-state index in [0.717, 1.165) is 24.6 Å². The number of furan rings is 1. The van der Waals surface area contributed by atoms with E-state index >= 15 is 0 Å². The molecule has 17 heavy (non-hydrogen) atoms. The standard InChI is InChI=1S/C14H24N2O/c1-12-6-7-13(17-12)10-16(2)14(11-15)8-4-3-5-9-14/h6-7H,3-5,8-11,15H2,1-2H3. The van der Waals surface area contributed by atoms with Crippen LogP contribution in [0.4, 0.5) is 0 Å². The Morgan fingerprint density at radius 1 is 1.29 bits per heavy atom. The molecule has 1 aromatic rings. The van der Waals surface area contributed by atoms with E-state index in [-0.39, 0.29) is 5.54 Å². The van der Waals surface area contributed by atoms with E-state index in [1.807, 2.05) is 13.0 Å². The molecule has 0 radical (unpaired) electrons. The first-order valence-corrected chi connectivity index (χ1v) is 6.63. The minimum atomic E-state index is 0.193. The van der Waals surface area contributed by atoms with E-state index in [1.165, 1.54) is 32.1 Å². The minimum Gasteiger partial charge on any atom is -0.465 e. The molecular formula is C14H24N2O. The molecule has 0 saturated heterocycles. The first-order chi connectivity index (χ1) is 8.16. The van der Waals surface area contributed by atoms with Gasteiger partial charge in [0.15, 0.2) is 0 Å². The van der Waals surface area contributed by atoms with Gasteiger partial charge in [0.2, 0.25) is 0 Å². The van der Waals surface area contributed by atoms with Gasteiger partial charge in [-0.25, -0.2) is 0 Å². The van der Waals surface area contributed by atoms with Crippen molar-refractivity contribution in [3.8, 4) is 0 Å². The fraction of sp³-hybridized carbons (Fsp3) is 0.714. The molecule has 1 aliphatic rings. The molecule has 2 rings (SSSR count). The summed E-state index contributed by atoms with van der Waals surface area (Å²) >= 11 is 0. The molecule has 1 heterocycles. The molecule has 0 aliphatic heterocycles. The summed E-state index contributed by atoms with van der Waals surface area (Å²) in [6.45, 7) is 3.61. The average molecular weight is 236 g/mol. The summed E-state index contributed by atoms with van der Waals surface area (Å²) in [5, 5.41) is 0. The average Bonchev–Trinajstić information content (AvgIpc) is 2.75. The van der Waals surface area contributed by atoms with Crippen molar-refractivity contribution in [2.24, 2.45) is 5.73 Å². The van der Waals surface area contributed by atoms with Crippen LogP contribution < -0.4 is 5.73 Å². The molecule has 0 bridgehead atoms. The van der Waals surface area contributed by atoms with Gasteiger partial charge in [0.05, 0.1) is 6.54 Å². The van der Waals surface area contributed by atoms with E-state index in [2.05, 4.69) is 18.0 Å². The zero-order chi connectivity index (χ0) is 12.3. The highest BCUT2D eigenvalue weighted by molar-refractivity contribution is 5.06. The number of likely N-dealkylation sites (N-methyl/N-ethyl adjacent to an activating group) is 1. The van der Waals surface area contributed by atoms with Crippen molar-refractivity contribution in [3.05, 3.63) is 23.7 Å². The minimum absolute atomic E-state index is 0.193. The SMILES string of the molecule is Cc1ccc(CN(C)C2(CN)CCCCC2)o1. The number of nitrogens with two attached hydrogens (primary N) is 1. The van der Waals surface area contributed by atoms with E-state index in [1.54, 1.807) is 0 Å². The first-order valence-electron chi connectivity index (χ1n) is 6.63. The van der Waals surface area contributed by atoms with Gasteiger partial charge in [0.1, 0.15) is 11.5 Å². The first kappa shape index (κ1) is 12.7. The van der Waals surface area contributed by atoms with Crippen LogP contribution in [-0.2, 0) is 6.54 Å². The normalized spacial score (nSPS) is 19.8. The fourth-order valence-corrected chi connectivity index (χ4v) is 2.92. The summed E-state index contributed by atoms with van der Waals surface area (Å²) in [6.07, 6.45) is 6.41. The molecule has 3 heteroatoms. The van der Waals surface area contributed by atoms with E-state index in [9.17, 15) is 0 Å². The number of hydrogen-bond acceptors (Lipinski definition) is 3. The lowest BCUT2D eigenvalue weighted by Crippen LogP contribution is -2.52. The molecule has 3 nitrogen and oxygen atoms in total. The van der Waals surface area contributed by atoms with Gasteiger partial charge >= 0.3 is 0 Å². The van der Waals surface area contributed by atoms with Crippen LogP contribution in [0.25, 0.3) is 0 Å². The quantitative estimate of drug-likeness (QED) is 0.874. The summed E-state index contributed by atoms with van der Waals surface area (Å²) in [7, 11) is 2.18. The van der Waals surface area contributed by atoms with E-state index in [4.69, 9.17) is 10.2 Å². The smallest absolute Gasteiger partial charge is 0.118 e. The van der Waals surface area contributed by atoms with Crippen LogP contribution in [0.15, 0.2) is 16.5 Å². The van der Waals surface area contributed by atoms with Crippen LogP contribution in [0.3, 0.4) is 0 Å². The summed E-state index contributed by atoms with van der Waals surface area (Å²) in [6, 6.07) is 4.10. The second kappa shape index (κ2) is 5.23. The van der Waals surface area contributed by atoms with Gasteiger partial charge < -0.3 is 10.2 Å². The van der Waals surface area contributed by atoms with E-state index < -0.39 is 0 Å². The lowest BCUT2D eigenvalue weighted by Gasteiger charge is -2.43. The number of aryl methyl sites for hydroxylation is 1. The van der Waals surface area contributed by atoms with Crippen molar-refractivity contribution in [2.75, 3.05) is 13.6 Å². The zero-order valence-electron chi connectivity index (χ0n) is 11.0. The molecule has 0 atom stereocenters. The second-order valence-corrected chi connectivity index (χ2v) is 5.36. The van der Waals surface area contributed by atoms with Gasteiger partial charge in [0, 0.05) is 12.1 Å². The zero-order valence-corrected chi connectivity index (χ0v) is 11.0. The highest BCUT2D eigenvalue weighted by Gasteiger charge is 2.34. The van der Waals surface area contributed by atoms with Gasteiger partial charge in [-0.05, 0) is 38.9 Å². The van der Waals surface area contributed by atoms with Crippen LogP contribution in [0.5, 0.6) is 0 Å². The van der Waals surface area contributed by atoms with Gasteiger partial charge in [-0.15, -0.1) is 0 Å². The monoisotopic (exact) mass is 236 g/mol. The van der Waals surface area contributed by atoms with Crippen LogP contribution >= 0.6 is 0 Å². The molecular weight excluding hydrogens is 212 g/mol. The van der Waals surface area contributed by atoms with Crippen LogP contribution in [0, 0.1) is 6.92 Å². The van der Waals surface area contributed by atoms with Crippen molar-refractivity contribution in [3.63, 3.8) is 0 Å². The third-order valence-corrected chi connectivity index (χ3v) is 4.16.